The highest BCUT2D eigenvalue weighted by Gasteiger charge is 2.11. The van der Waals surface area contributed by atoms with Crippen molar-refractivity contribution in [2.75, 3.05) is 11.9 Å². The van der Waals surface area contributed by atoms with Crippen LogP contribution in [0.1, 0.15) is 18.1 Å². The fourth-order valence-electron chi connectivity index (χ4n) is 2.79. The number of amides is 1. The van der Waals surface area contributed by atoms with Crippen molar-refractivity contribution in [1.82, 2.24) is 0 Å². The standard InChI is InChI=1S/C20H17Cl2NO4/c1-3-14-11(2)15-6-5-13(9-18(15)27-20(14)25)26-10-19(24)23-12-4-7-16(21)17(22)8-12/h4-9H,3,10H2,1-2H3,(H,23,24). The van der Waals surface area contributed by atoms with Gasteiger partial charge >= 0.3 is 5.63 Å². The molecule has 0 bridgehead atoms. The van der Waals surface area contributed by atoms with Gasteiger partial charge in [0.1, 0.15) is 11.3 Å². The Morgan fingerprint density at radius 2 is 1.93 bits per heavy atom. The van der Waals surface area contributed by atoms with E-state index in [-0.39, 0.29) is 18.1 Å². The molecule has 0 saturated carbocycles. The lowest BCUT2D eigenvalue weighted by Gasteiger charge is -2.10. The number of rotatable bonds is 5. The van der Waals surface area contributed by atoms with Gasteiger partial charge in [-0.2, -0.15) is 0 Å². The zero-order valence-corrected chi connectivity index (χ0v) is 16.3. The third-order valence-corrected chi connectivity index (χ3v) is 4.92. The van der Waals surface area contributed by atoms with Gasteiger partial charge in [0.25, 0.3) is 5.91 Å². The zero-order chi connectivity index (χ0) is 19.6. The number of ether oxygens (including phenoxy) is 1. The minimum absolute atomic E-state index is 0.206. The molecule has 27 heavy (non-hydrogen) atoms. The van der Waals surface area contributed by atoms with E-state index in [2.05, 4.69) is 5.32 Å². The highest BCUT2D eigenvalue weighted by molar-refractivity contribution is 6.42. The van der Waals surface area contributed by atoms with Crippen molar-refractivity contribution in [1.29, 1.82) is 0 Å². The first-order valence-electron chi connectivity index (χ1n) is 8.33. The number of nitrogens with one attached hydrogen (secondary N) is 1. The molecule has 0 aliphatic rings. The van der Waals surface area contributed by atoms with E-state index in [4.69, 9.17) is 32.4 Å². The molecule has 1 heterocycles. The van der Waals surface area contributed by atoms with Crippen molar-refractivity contribution < 1.29 is 13.9 Å². The molecule has 0 aliphatic heterocycles. The van der Waals surface area contributed by atoms with E-state index < -0.39 is 0 Å². The molecular weight excluding hydrogens is 389 g/mol. The molecule has 3 rings (SSSR count). The highest BCUT2D eigenvalue weighted by Crippen LogP contribution is 2.26. The van der Waals surface area contributed by atoms with Gasteiger partial charge in [-0.3, -0.25) is 4.79 Å². The summed E-state index contributed by atoms with van der Waals surface area (Å²) in [5, 5.41) is 4.27. The monoisotopic (exact) mass is 405 g/mol. The van der Waals surface area contributed by atoms with Crippen LogP contribution >= 0.6 is 23.2 Å². The number of hydrogen-bond acceptors (Lipinski definition) is 4. The number of hydrogen-bond donors (Lipinski definition) is 1. The Balaban J connectivity index is 1.72. The van der Waals surface area contributed by atoms with Gasteiger partial charge in [-0.25, -0.2) is 4.79 Å². The number of carbonyl (C=O) groups is 1. The SMILES string of the molecule is CCc1c(C)c2ccc(OCC(=O)Nc3ccc(Cl)c(Cl)c3)cc2oc1=O. The topological polar surface area (TPSA) is 68.5 Å². The van der Waals surface area contributed by atoms with Crippen LogP contribution in [0.25, 0.3) is 11.0 Å². The molecule has 0 fully saturated rings. The Hall–Kier alpha value is -2.50. The summed E-state index contributed by atoms with van der Waals surface area (Å²) in [6, 6.07) is 9.96. The Bertz CT molecular complexity index is 1080. The number of anilines is 1. The van der Waals surface area contributed by atoms with Crippen LogP contribution in [0.4, 0.5) is 5.69 Å². The first kappa shape index (κ1) is 19.3. The predicted molar refractivity (Wildman–Crippen MR) is 107 cm³/mol. The summed E-state index contributed by atoms with van der Waals surface area (Å²) < 4.78 is 10.9. The summed E-state index contributed by atoms with van der Waals surface area (Å²) in [5.74, 6) is 0.0750. The summed E-state index contributed by atoms with van der Waals surface area (Å²) in [5.41, 5.74) is 2.16. The number of carbonyl (C=O) groups excluding carboxylic acids is 1. The first-order valence-corrected chi connectivity index (χ1v) is 9.08. The van der Waals surface area contributed by atoms with Crippen molar-refractivity contribution in [2.45, 2.75) is 20.3 Å². The smallest absolute Gasteiger partial charge is 0.339 e. The number of halogens is 2. The Kier molecular flexibility index (Phi) is 5.73. The first-order chi connectivity index (χ1) is 12.9. The molecule has 0 unspecified atom stereocenters. The van der Waals surface area contributed by atoms with Crippen molar-refractivity contribution >= 4 is 45.8 Å². The summed E-state index contributed by atoms with van der Waals surface area (Å²) in [4.78, 5) is 24.1. The lowest BCUT2D eigenvalue weighted by Crippen LogP contribution is -2.20. The predicted octanol–water partition coefficient (Wildman–Crippen LogP) is 4.99. The molecule has 1 N–H and O–H groups in total. The summed E-state index contributed by atoms with van der Waals surface area (Å²) in [6.45, 7) is 3.60. The van der Waals surface area contributed by atoms with E-state index >= 15 is 0 Å². The molecule has 0 spiro atoms. The van der Waals surface area contributed by atoms with Crippen LogP contribution < -0.4 is 15.7 Å². The van der Waals surface area contributed by atoms with Crippen molar-refractivity contribution in [3.63, 3.8) is 0 Å². The van der Waals surface area contributed by atoms with E-state index in [0.29, 0.717) is 39.0 Å². The van der Waals surface area contributed by atoms with E-state index in [1.807, 2.05) is 19.9 Å². The van der Waals surface area contributed by atoms with Crippen LogP contribution in [-0.2, 0) is 11.2 Å². The van der Waals surface area contributed by atoms with Crippen LogP contribution in [-0.4, -0.2) is 12.5 Å². The molecule has 5 nitrogen and oxygen atoms in total. The van der Waals surface area contributed by atoms with Gasteiger partial charge in [-0.15, -0.1) is 0 Å². The molecule has 0 radical (unpaired) electrons. The third kappa shape index (κ3) is 4.26. The molecule has 1 amide bonds. The third-order valence-electron chi connectivity index (χ3n) is 4.19. The van der Waals surface area contributed by atoms with Crippen LogP contribution in [0.2, 0.25) is 10.0 Å². The van der Waals surface area contributed by atoms with Gasteiger partial charge in [0, 0.05) is 22.7 Å². The Labute approximate surface area is 165 Å². The maximum absolute atomic E-state index is 12.1. The highest BCUT2D eigenvalue weighted by atomic mass is 35.5. The summed E-state index contributed by atoms with van der Waals surface area (Å²) in [6.07, 6.45) is 0.608. The number of benzene rings is 2. The maximum atomic E-state index is 12.1. The van der Waals surface area contributed by atoms with Gasteiger partial charge in [0.2, 0.25) is 0 Å². The van der Waals surface area contributed by atoms with Crippen molar-refractivity contribution in [3.05, 3.63) is 68.0 Å². The van der Waals surface area contributed by atoms with E-state index in [0.717, 1.165) is 10.9 Å². The van der Waals surface area contributed by atoms with E-state index in [1.165, 1.54) is 0 Å². The zero-order valence-electron chi connectivity index (χ0n) is 14.8. The molecule has 7 heteroatoms. The van der Waals surface area contributed by atoms with Crippen LogP contribution in [0, 0.1) is 6.92 Å². The van der Waals surface area contributed by atoms with Gasteiger partial charge in [-0.05, 0) is 49.2 Å². The van der Waals surface area contributed by atoms with Gasteiger partial charge in [0.15, 0.2) is 6.61 Å². The van der Waals surface area contributed by atoms with Crippen LogP contribution in [0.15, 0.2) is 45.6 Å². The molecule has 2 aromatic carbocycles. The van der Waals surface area contributed by atoms with Crippen molar-refractivity contribution in [3.8, 4) is 5.75 Å². The van der Waals surface area contributed by atoms with E-state index in [1.54, 1.807) is 30.3 Å². The minimum atomic E-state index is -0.354. The normalized spacial score (nSPS) is 10.8. The molecule has 3 aromatic rings. The van der Waals surface area contributed by atoms with Crippen molar-refractivity contribution in [2.24, 2.45) is 0 Å². The molecule has 1 aromatic heterocycles. The molecule has 0 aliphatic carbocycles. The quantitative estimate of drug-likeness (QED) is 0.607. The van der Waals surface area contributed by atoms with Crippen LogP contribution in [0.3, 0.4) is 0 Å². The summed E-state index contributed by atoms with van der Waals surface area (Å²) >= 11 is 11.8. The Morgan fingerprint density at radius 1 is 1.15 bits per heavy atom. The van der Waals surface area contributed by atoms with Crippen LogP contribution in [0.5, 0.6) is 5.75 Å². The molecule has 0 saturated heterocycles. The second-order valence-corrected chi connectivity index (χ2v) is 6.78. The minimum Gasteiger partial charge on any atom is -0.484 e. The molecule has 0 atom stereocenters. The summed E-state index contributed by atoms with van der Waals surface area (Å²) in [7, 11) is 0. The lowest BCUT2D eigenvalue weighted by atomic mass is 10.0. The fourth-order valence-corrected chi connectivity index (χ4v) is 3.09. The van der Waals surface area contributed by atoms with Gasteiger partial charge in [0.05, 0.1) is 10.0 Å². The van der Waals surface area contributed by atoms with E-state index in [9.17, 15) is 9.59 Å². The second-order valence-electron chi connectivity index (χ2n) is 5.97. The second kappa shape index (κ2) is 8.03. The molecular formula is C20H17Cl2NO4. The lowest BCUT2D eigenvalue weighted by molar-refractivity contribution is -0.118. The maximum Gasteiger partial charge on any atom is 0.339 e. The average Bonchev–Trinajstić information content (AvgIpc) is 2.63. The van der Waals surface area contributed by atoms with Gasteiger partial charge in [-0.1, -0.05) is 30.1 Å². The molecule has 140 valence electrons. The van der Waals surface area contributed by atoms with Gasteiger partial charge < -0.3 is 14.5 Å². The number of fused-ring (bicyclic) bond motifs is 1. The average molecular weight is 406 g/mol. The fraction of sp³-hybridized carbons (Fsp3) is 0.200. The Morgan fingerprint density at radius 3 is 2.63 bits per heavy atom. The largest absolute Gasteiger partial charge is 0.484 e. The number of aryl methyl sites for hydroxylation is 1.